The van der Waals surface area contributed by atoms with E-state index in [0.29, 0.717) is 13.2 Å². The number of ether oxygens (including phenoxy) is 2. The van der Waals surface area contributed by atoms with Crippen molar-refractivity contribution in [1.82, 2.24) is 9.78 Å². The van der Waals surface area contributed by atoms with E-state index in [-0.39, 0.29) is 6.04 Å². The van der Waals surface area contributed by atoms with Gasteiger partial charge in [-0.3, -0.25) is 4.68 Å². The second-order valence-electron chi connectivity index (χ2n) is 4.48. The molecule has 0 aliphatic carbocycles. The quantitative estimate of drug-likeness (QED) is 0.911. The maximum atomic E-state index is 6.32. The fourth-order valence-corrected chi connectivity index (χ4v) is 2.23. The summed E-state index contributed by atoms with van der Waals surface area (Å²) >= 11 is 0. The Balaban J connectivity index is 1.97. The monoisotopic (exact) mass is 259 g/mol. The van der Waals surface area contributed by atoms with E-state index in [2.05, 4.69) is 5.10 Å². The molecule has 1 aromatic carbocycles. The fourth-order valence-electron chi connectivity index (χ4n) is 2.23. The number of nitrogens with zero attached hydrogens (tertiary/aromatic N) is 2. The highest BCUT2D eigenvalue weighted by molar-refractivity contribution is 5.50. The minimum Gasteiger partial charge on any atom is -0.486 e. The maximum absolute atomic E-state index is 6.32. The first kappa shape index (κ1) is 12.0. The predicted molar refractivity (Wildman–Crippen MR) is 71.4 cm³/mol. The Hall–Kier alpha value is -2.01. The Morgan fingerprint density at radius 2 is 2.21 bits per heavy atom. The van der Waals surface area contributed by atoms with Crippen molar-refractivity contribution in [3.8, 4) is 11.5 Å². The molecule has 0 radical (unpaired) electrons. The van der Waals surface area contributed by atoms with Gasteiger partial charge < -0.3 is 15.2 Å². The molecule has 0 saturated carbocycles. The van der Waals surface area contributed by atoms with Crippen molar-refractivity contribution in [1.29, 1.82) is 0 Å². The molecule has 0 fully saturated rings. The van der Waals surface area contributed by atoms with Crippen LogP contribution in [-0.4, -0.2) is 23.0 Å². The maximum Gasteiger partial charge on any atom is 0.166 e. The molecule has 0 spiro atoms. The molecule has 5 heteroatoms. The number of fused-ring (bicyclic) bond motifs is 1. The molecule has 2 aromatic rings. The third-order valence-corrected chi connectivity index (χ3v) is 3.27. The summed E-state index contributed by atoms with van der Waals surface area (Å²) in [5.41, 5.74) is 8.23. The summed E-state index contributed by atoms with van der Waals surface area (Å²) in [6.45, 7) is 4.02. The van der Waals surface area contributed by atoms with Gasteiger partial charge in [-0.05, 0) is 13.0 Å². The highest BCUT2D eigenvalue weighted by atomic mass is 16.6. The van der Waals surface area contributed by atoms with Crippen LogP contribution >= 0.6 is 0 Å². The zero-order chi connectivity index (χ0) is 13.2. The van der Waals surface area contributed by atoms with E-state index in [1.807, 2.05) is 36.0 Å². The molecule has 100 valence electrons. The van der Waals surface area contributed by atoms with E-state index < -0.39 is 0 Å². The van der Waals surface area contributed by atoms with Crippen LogP contribution in [0.4, 0.5) is 0 Å². The highest BCUT2D eigenvalue weighted by Gasteiger charge is 2.21. The summed E-state index contributed by atoms with van der Waals surface area (Å²) in [6, 6.07) is 5.56. The summed E-state index contributed by atoms with van der Waals surface area (Å²) in [7, 11) is 0. The number of nitrogens with two attached hydrogens (primary N) is 1. The van der Waals surface area contributed by atoms with Gasteiger partial charge in [0, 0.05) is 23.9 Å². The Bertz CT molecular complexity index is 580. The third-order valence-electron chi connectivity index (χ3n) is 3.27. The molecule has 0 amide bonds. The van der Waals surface area contributed by atoms with Crippen LogP contribution in [0.25, 0.3) is 0 Å². The van der Waals surface area contributed by atoms with Crippen molar-refractivity contribution in [2.75, 3.05) is 13.2 Å². The van der Waals surface area contributed by atoms with E-state index in [1.165, 1.54) is 0 Å². The summed E-state index contributed by atoms with van der Waals surface area (Å²) in [6.07, 6.45) is 3.77. The Kier molecular flexibility index (Phi) is 3.13. The molecule has 1 aliphatic rings. The second kappa shape index (κ2) is 4.93. The largest absolute Gasteiger partial charge is 0.486 e. The molecule has 1 atom stereocenters. The van der Waals surface area contributed by atoms with E-state index in [1.54, 1.807) is 6.20 Å². The first-order chi connectivity index (χ1) is 9.29. The zero-order valence-electron chi connectivity index (χ0n) is 10.9. The standard InChI is InChI=1S/C14H17N3O2/c1-2-17-9-10(8-16-17)13(15)11-4-3-5-12-14(11)19-7-6-18-12/h3-5,8-9,13H,2,6-7,15H2,1H3. The van der Waals surface area contributed by atoms with E-state index in [0.717, 1.165) is 29.2 Å². The predicted octanol–water partition coefficient (Wildman–Crippen LogP) is 1.72. The number of rotatable bonds is 3. The number of hydrogen-bond acceptors (Lipinski definition) is 4. The first-order valence-electron chi connectivity index (χ1n) is 6.46. The van der Waals surface area contributed by atoms with Gasteiger partial charge in [0.25, 0.3) is 0 Å². The van der Waals surface area contributed by atoms with Crippen LogP contribution in [0.15, 0.2) is 30.6 Å². The number of aromatic nitrogens is 2. The van der Waals surface area contributed by atoms with Gasteiger partial charge in [0.15, 0.2) is 11.5 Å². The first-order valence-corrected chi connectivity index (χ1v) is 6.46. The van der Waals surface area contributed by atoms with Crippen LogP contribution in [0, 0.1) is 0 Å². The lowest BCUT2D eigenvalue weighted by atomic mass is 10.0. The van der Waals surface area contributed by atoms with Crippen molar-refractivity contribution in [2.24, 2.45) is 5.73 Å². The molecule has 3 rings (SSSR count). The average Bonchev–Trinajstić information content (AvgIpc) is 2.95. The minimum absolute atomic E-state index is 0.253. The Labute approximate surface area is 111 Å². The van der Waals surface area contributed by atoms with Gasteiger partial charge in [-0.2, -0.15) is 5.10 Å². The lowest BCUT2D eigenvalue weighted by molar-refractivity contribution is 0.169. The molecular formula is C14H17N3O2. The molecule has 2 heterocycles. The molecule has 19 heavy (non-hydrogen) atoms. The van der Waals surface area contributed by atoms with E-state index in [4.69, 9.17) is 15.2 Å². The molecule has 2 N–H and O–H groups in total. The number of benzene rings is 1. The second-order valence-corrected chi connectivity index (χ2v) is 4.48. The highest BCUT2D eigenvalue weighted by Crippen LogP contribution is 2.37. The normalized spacial score (nSPS) is 15.3. The number of para-hydroxylation sites is 1. The fraction of sp³-hybridized carbons (Fsp3) is 0.357. The van der Waals surface area contributed by atoms with Gasteiger partial charge in [-0.25, -0.2) is 0 Å². The van der Waals surface area contributed by atoms with Gasteiger partial charge in [0.05, 0.1) is 12.2 Å². The van der Waals surface area contributed by atoms with Crippen molar-refractivity contribution in [3.63, 3.8) is 0 Å². The lowest BCUT2D eigenvalue weighted by Gasteiger charge is -2.23. The van der Waals surface area contributed by atoms with Crippen molar-refractivity contribution >= 4 is 0 Å². The van der Waals surface area contributed by atoms with Gasteiger partial charge in [0.1, 0.15) is 13.2 Å². The van der Waals surface area contributed by atoms with Crippen LogP contribution in [0.2, 0.25) is 0 Å². The summed E-state index contributed by atoms with van der Waals surface area (Å²) in [5, 5.41) is 4.26. The van der Waals surface area contributed by atoms with Gasteiger partial charge in [0.2, 0.25) is 0 Å². The van der Waals surface area contributed by atoms with Crippen LogP contribution in [0.1, 0.15) is 24.1 Å². The molecule has 1 unspecified atom stereocenters. The number of aryl methyl sites for hydroxylation is 1. The van der Waals surface area contributed by atoms with Crippen LogP contribution < -0.4 is 15.2 Å². The molecule has 0 saturated heterocycles. The molecular weight excluding hydrogens is 242 g/mol. The van der Waals surface area contributed by atoms with Gasteiger partial charge >= 0.3 is 0 Å². The van der Waals surface area contributed by atoms with Crippen LogP contribution in [-0.2, 0) is 6.54 Å². The summed E-state index contributed by atoms with van der Waals surface area (Å²) in [5.74, 6) is 1.52. The Morgan fingerprint density at radius 1 is 1.37 bits per heavy atom. The third kappa shape index (κ3) is 2.17. The lowest BCUT2D eigenvalue weighted by Crippen LogP contribution is -2.19. The van der Waals surface area contributed by atoms with Crippen molar-refractivity contribution in [2.45, 2.75) is 19.5 Å². The minimum atomic E-state index is -0.253. The average molecular weight is 259 g/mol. The van der Waals surface area contributed by atoms with Gasteiger partial charge in [-0.15, -0.1) is 0 Å². The van der Waals surface area contributed by atoms with Crippen molar-refractivity contribution < 1.29 is 9.47 Å². The smallest absolute Gasteiger partial charge is 0.166 e. The van der Waals surface area contributed by atoms with E-state index >= 15 is 0 Å². The summed E-state index contributed by atoms with van der Waals surface area (Å²) < 4.78 is 13.1. The number of hydrogen-bond donors (Lipinski definition) is 1. The molecule has 1 aliphatic heterocycles. The van der Waals surface area contributed by atoms with Crippen LogP contribution in [0.5, 0.6) is 11.5 Å². The topological polar surface area (TPSA) is 62.3 Å². The summed E-state index contributed by atoms with van der Waals surface area (Å²) in [4.78, 5) is 0. The van der Waals surface area contributed by atoms with Crippen LogP contribution in [0.3, 0.4) is 0 Å². The Morgan fingerprint density at radius 3 is 3.00 bits per heavy atom. The molecule has 5 nitrogen and oxygen atoms in total. The molecule has 1 aromatic heterocycles. The van der Waals surface area contributed by atoms with Gasteiger partial charge in [-0.1, -0.05) is 12.1 Å². The molecule has 0 bridgehead atoms. The zero-order valence-corrected chi connectivity index (χ0v) is 10.9. The SMILES string of the molecule is CCn1cc(C(N)c2cccc3c2OCCO3)cn1. The van der Waals surface area contributed by atoms with E-state index in [9.17, 15) is 0 Å². The van der Waals surface area contributed by atoms with Crippen molar-refractivity contribution in [3.05, 3.63) is 41.7 Å².